The summed E-state index contributed by atoms with van der Waals surface area (Å²) in [4.78, 5) is 23.9. The standard InChI is InChI=1S/C27H23NO6/c29-14-18(15-32-19-11-9-17-10-12-26(30)34-25(17)13-19)28-27(31)33-16-24-22-7-3-1-5-20(22)21-6-2-4-8-23(21)24/h1-13,18,24,29H,14-16H2,(H,28,31)/t18-/m1/s1. The highest BCUT2D eigenvalue weighted by Gasteiger charge is 2.29. The van der Waals surface area contributed by atoms with Crippen LogP contribution < -0.4 is 15.7 Å². The molecule has 0 saturated carbocycles. The number of amides is 1. The van der Waals surface area contributed by atoms with Gasteiger partial charge in [0.25, 0.3) is 0 Å². The lowest BCUT2D eigenvalue weighted by Gasteiger charge is -2.19. The van der Waals surface area contributed by atoms with Gasteiger partial charge in [0.05, 0.1) is 12.6 Å². The summed E-state index contributed by atoms with van der Waals surface area (Å²) in [6.45, 7) is -0.126. The van der Waals surface area contributed by atoms with E-state index in [2.05, 4.69) is 29.6 Å². The van der Waals surface area contributed by atoms with Gasteiger partial charge < -0.3 is 24.3 Å². The molecule has 1 atom stereocenters. The highest BCUT2D eigenvalue weighted by atomic mass is 16.5. The molecule has 5 rings (SSSR count). The van der Waals surface area contributed by atoms with Gasteiger partial charge in [-0.3, -0.25) is 0 Å². The van der Waals surface area contributed by atoms with Gasteiger partial charge in [0.2, 0.25) is 0 Å². The predicted molar refractivity (Wildman–Crippen MR) is 127 cm³/mol. The summed E-state index contributed by atoms with van der Waals surface area (Å²) < 4.78 is 16.4. The first kappa shape index (κ1) is 21.7. The molecule has 1 aromatic heterocycles. The zero-order valence-corrected chi connectivity index (χ0v) is 18.3. The van der Waals surface area contributed by atoms with E-state index >= 15 is 0 Å². The van der Waals surface area contributed by atoms with E-state index in [1.807, 2.05) is 24.3 Å². The van der Waals surface area contributed by atoms with Gasteiger partial charge in [-0.25, -0.2) is 9.59 Å². The Bertz CT molecular complexity index is 1350. The number of hydrogen-bond acceptors (Lipinski definition) is 6. The molecule has 1 aliphatic rings. The number of benzene rings is 3. The van der Waals surface area contributed by atoms with Crippen molar-refractivity contribution in [2.24, 2.45) is 0 Å². The summed E-state index contributed by atoms with van der Waals surface area (Å²) in [6.07, 6.45) is -0.631. The van der Waals surface area contributed by atoms with Crippen LogP contribution in [0.2, 0.25) is 0 Å². The van der Waals surface area contributed by atoms with Crippen LogP contribution in [0, 0.1) is 0 Å². The lowest BCUT2D eigenvalue weighted by molar-refractivity contribution is 0.122. The third-order valence-corrected chi connectivity index (χ3v) is 5.93. The summed E-state index contributed by atoms with van der Waals surface area (Å²) in [5.74, 6) is 0.406. The van der Waals surface area contributed by atoms with Crippen molar-refractivity contribution < 1.29 is 23.8 Å². The van der Waals surface area contributed by atoms with Gasteiger partial charge in [-0.15, -0.1) is 0 Å². The van der Waals surface area contributed by atoms with E-state index in [1.165, 1.54) is 6.07 Å². The molecule has 0 fully saturated rings. The zero-order valence-electron chi connectivity index (χ0n) is 18.3. The first-order valence-corrected chi connectivity index (χ1v) is 11.0. The summed E-state index contributed by atoms with van der Waals surface area (Å²) in [6, 6.07) is 23.6. The van der Waals surface area contributed by atoms with E-state index < -0.39 is 17.8 Å². The van der Waals surface area contributed by atoms with E-state index in [0.717, 1.165) is 27.6 Å². The second-order valence-corrected chi connectivity index (χ2v) is 8.11. The maximum absolute atomic E-state index is 12.5. The second-order valence-electron chi connectivity index (χ2n) is 8.11. The van der Waals surface area contributed by atoms with Crippen LogP contribution in [0.1, 0.15) is 17.0 Å². The van der Waals surface area contributed by atoms with Crippen molar-refractivity contribution in [3.8, 4) is 16.9 Å². The van der Waals surface area contributed by atoms with Crippen LogP contribution in [-0.2, 0) is 4.74 Å². The second kappa shape index (κ2) is 9.41. The van der Waals surface area contributed by atoms with Gasteiger partial charge in [-0.2, -0.15) is 0 Å². The van der Waals surface area contributed by atoms with Crippen LogP contribution in [0.15, 0.2) is 88.1 Å². The average Bonchev–Trinajstić information content (AvgIpc) is 3.18. The number of ether oxygens (including phenoxy) is 2. The Hall–Kier alpha value is -4.10. The summed E-state index contributed by atoms with van der Waals surface area (Å²) in [7, 11) is 0. The number of carbonyl (C=O) groups is 1. The molecular weight excluding hydrogens is 434 g/mol. The van der Waals surface area contributed by atoms with Crippen molar-refractivity contribution in [3.05, 3.63) is 100 Å². The maximum Gasteiger partial charge on any atom is 0.407 e. The van der Waals surface area contributed by atoms with E-state index in [4.69, 9.17) is 13.9 Å². The SMILES string of the molecule is O=C(N[C@H](CO)COc1ccc2ccc(=O)oc2c1)OCC1c2ccccc2-c2ccccc21. The number of fused-ring (bicyclic) bond motifs is 4. The normalized spacial score (nSPS) is 13.2. The highest BCUT2D eigenvalue weighted by Crippen LogP contribution is 2.44. The molecule has 0 aliphatic heterocycles. The van der Waals surface area contributed by atoms with E-state index in [1.54, 1.807) is 24.3 Å². The zero-order chi connectivity index (χ0) is 23.5. The number of alkyl carbamates (subject to hydrolysis) is 1. The van der Waals surface area contributed by atoms with Crippen molar-refractivity contribution >= 4 is 17.1 Å². The van der Waals surface area contributed by atoms with E-state index in [9.17, 15) is 14.7 Å². The van der Waals surface area contributed by atoms with Gasteiger partial charge >= 0.3 is 11.7 Å². The largest absolute Gasteiger partial charge is 0.491 e. The molecule has 0 unspecified atom stereocenters. The van der Waals surface area contributed by atoms with Crippen LogP contribution in [-0.4, -0.2) is 37.1 Å². The van der Waals surface area contributed by atoms with Crippen LogP contribution in [0.4, 0.5) is 4.79 Å². The van der Waals surface area contributed by atoms with E-state index in [0.29, 0.717) is 11.3 Å². The summed E-state index contributed by atoms with van der Waals surface area (Å²) in [5, 5.41) is 13.1. The smallest absolute Gasteiger partial charge is 0.407 e. The topological polar surface area (TPSA) is 98.0 Å². The van der Waals surface area contributed by atoms with Crippen molar-refractivity contribution in [2.75, 3.05) is 19.8 Å². The highest BCUT2D eigenvalue weighted by molar-refractivity contribution is 5.79. The first-order chi connectivity index (χ1) is 16.6. The lowest BCUT2D eigenvalue weighted by atomic mass is 9.98. The van der Waals surface area contributed by atoms with Crippen LogP contribution in [0.25, 0.3) is 22.1 Å². The fourth-order valence-electron chi connectivity index (χ4n) is 4.27. The third kappa shape index (κ3) is 4.38. The lowest BCUT2D eigenvalue weighted by Crippen LogP contribution is -2.42. The van der Waals surface area contributed by atoms with Crippen molar-refractivity contribution in [3.63, 3.8) is 0 Å². The van der Waals surface area contributed by atoms with Crippen molar-refractivity contribution in [2.45, 2.75) is 12.0 Å². The third-order valence-electron chi connectivity index (χ3n) is 5.93. The minimum Gasteiger partial charge on any atom is -0.491 e. The van der Waals surface area contributed by atoms with Gasteiger partial charge in [0.15, 0.2) is 0 Å². The predicted octanol–water partition coefficient (Wildman–Crippen LogP) is 4.07. The van der Waals surface area contributed by atoms with Crippen LogP contribution in [0.3, 0.4) is 0 Å². The van der Waals surface area contributed by atoms with Crippen molar-refractivity contribution in [1.29, 1.82) is 0 Å². The molecule has 0 spiro atoms. The maximum atomic E-state index is 12.5. The molecule has 3 aromatic carbocycles. The molecule has 34 heavy (non-hydrogen) atoms. The Balaban J connectivity index is 1.19. The number of carbonyl (C=O) groups excluding carboxylic acids is 1. The molecule has 7 heteroatoms. The van der Waals surface area contributed by atoms with Gasteiger partial charge in [-0.05, 0) is 40.5 Å². The molecule has 1 aliphatic carbocycles. The number of nitrogens with one attached hydrogen (secondary N) is 1. The fourth-order valence-corrected chi connectivity index (χ4v) is 4.27. The average molecular weight is 457 g/mol. The number of rotatable bonds is 7. The Labute approximate surface area is 195 Å². The fraction of sp³-hybridized carbons (Fsp3) is 0.185. The van der Waals surface area contributed by atoms with Crippen LogP contribution >= 0.6 is 0 Å². The number of hydrogen-bond donors (Lipinski definition) is 2. The van der Waals surface area contributed by atoms with Crippen molar-refractivity contribution in [1.82, 2.24) is 5.32 Å². The van der Waals surface area contributed by atoms with Gasteiger partial charge in [-0.1, -0.05) is 48.5 Å². The Morgan fingerprint density at radius 2 is 1.65 bits per heavy atom. The molecule has 1 amide bonds. The summed E-state index contributed by atoms with van der Waals surface area (Å²) >= 11 is 0. The van der Waals surface area contributed by atoms with E-state index in [-0.39, 0.29) is 25.7 Å². The minimum atomic E-state index is -0.672. The molecule has 7 nitrogen and oxygen atoms in total. The molecule has 0 saturated heterocycles. The van der Waals surface area contributed by atoms with Gasteiger partial charge in [0, 0.05) is 23.4 Å². The summed E-state index contributed by atoms with van der Waals surface area (Å²) in [5.41, 5.74) is 4.51. The van der Waals surface area contributed by atoms with Gasteiger partial charge in [0.1, 0.15) is 24.5 Å². The Kier molecular flexibility index (Phi) is 6.01. The Morgan fingerprint density at radius 3 is 2.35 bits per heavy atom. The molecule has 1 heterocycles. The molecule has 2 N–H and O–H groups in total. The monoisotopic (exact) mass is 457 g/mol. The molecule has 0 radical (unpaired) electrons. The molecule has 4 aromatic rings. The minimum absolute atomic E-state index is 0.0171. The molecular formula is C27H23NO6. The first-order valence-electron chi connectivity index (χ1n) is 11.0. The molecule has 172 valence electrons. The number of aliphatic hydroxyl groups excluding tert-OH is 1. The molecule has 0 bridgehead atoms. The Morgan fingerprint density at radius 1 is 0.971 bits per heavy atom. The number of aliphatic hydroxyl groups is 1. The van der Waals surface area contributed by atoms with Crippen LogP contribution in [0.5, 0.6) is 5.75 Å². The quantitative estimate of drug-likeness (QED) is 0.406.